The molecule has 7 nitrogen and oxygen atoms in total. The van der Waals surface area contributed by atoms with Crippen LogP contribution in [-0.2, 0) is 20.7 Å². The summed E-state index contributed by atoms with van der Waals surface area (Å²) in [6, 6.07) is 9.71. The summed E-state index contributed by atoms with van der Waals surface area (Å²) in [6.45, 7) is 0.534. The molecule has 2 aliphatic heterocycles. The molecule has 0 bridgehead atoms. The Bertz CT molecular complexity index is 849. The fourth-order valence-electron chi connectivity index (χ4n) is 3.92. The van der Waals surface area contributed by atoms with Gasteiger partial charge in [-0.15, -0.1) is 0 Å². The zero-order valence-electron chi connectivity index (χ0n) is 15.4. The molecule has 2 aliphatic rings. The Hall–Kier alpha value is -2.93. The van der Waals surface area contributed by atoms with Crippen LogP contribution in [0.4, 0.5) is 0 Å². The van der Waals surface area contributed by atoms with Crippen molar-refractivity contribution in [3.8, 4) is 0 Å². The average Bonchev–Trinajstić information content (AvgIpc) is 3.38. The zero-order chi connectivity index (χ0) is 19.5. The van der Waals surface area contributed by atoms with Crippen molar-refractivity contribution in [2.45, 2.75) is 37.5 Å². The first-order valence-electron chi connectivity index (χ1n) is 9.45. The molecule has 0 spiro atoms. The highest BCUT2D eigenvalue weighted by molar-refractivity contribution is 5.99. The predicted molar refractivity (Wildman–Crippen MR) is 99.6 cm³/mol. The van der Waals surface area contributed by atoms with Crippen molar-refractivity contribution in [3.63, 3.8) is 0 Å². The van der Waals surface area contributed by atoms with E-state index in [9.17, 15) is 14.4 Å². The molecule has 4 rings (SSSR count). The highest BCUT2D eigenvalue weighted by Gasteiger charge is 2.45. The molecule has 2 unspecified atom stereocenters. The molecule has 2 saturated heterocycles. The van der Waals surface area contributed by atoms with Crippen LogP contribution >= 0.6 is 0 Å². The van der Waals surface area contributed by atoms with Gasteiger partial charge >= 0.3 is 0 Å². The highest BCUT2D eigenvalue weighted by atomic mass is 16.5. The molecule has 2 aromatic rings. The number of furan rings is 1. The van der Waals surface area contributed by atoms with Crippen LogP contribution in [0.3, 0.4) is 0 Å². The van der Waals surface area contributed by atoms with Crippen molar-refractivity contribution in [2.75, 3.05) is 13.2 Å². The Morgan fingerprint density at radius 2 is 2.04 bits per heavy atom. The smallest absolute Gasteiger partial charge is 0.255 e. The van der Waals surface area contributed by atoms with Crippen molar-refractivity contribution < 1.29 is 23.5 Å². The van der Waals surface area contributed by atoms with Crippen LogP contribution in [0.25, 0.3) is 0 Å². The number of carbonyl (C=O) groups excluding carboxylic acids is 3. The van der Waals surface area contributed by atoms with Crippen molar-refractivity contribution in [2.24, 2.45) is 0 Å². The number of likely N-dealkylation sites (tertiary alicyclic amines) is 1. The van der Waals surface area contributed by atoms with Crippen molar-refractivity contribution in [1.29, 1.82) is 0 Å². The van der Waals surface area contributed by atoms with E-state index in [4.69, 9.17) is 9.15 Å². The number of hydrogen-bond donors (Lipinski definition) is 1. The van der Waals surface area contributed by atoms with Crippen molar-refractivity contribution in [3.05, 3.63) is 60.1 Å². The van der Waals surface area contributed by atoms with Crippen LogP contribution < -0.4 is 5.32 Å². The van der Waals surface area contributed by atoms with E-state index < -0.39 is 12.1 Å². The number of nitrogens with zero attached hydrogens (tertiary/aromatic N) is 1. The molecule has 0 aliphatic carbocycles. The minimum absolute atomic E-state index is 0.0455. The summed E-state index contributed by atoms with van der Waals surface area (Å²) in [4.78, 5) is 39.8. The third kappa shape index (κ3) is 3.71. The lowest BCUT2D eigenvalue weighted by atomic mass is 9.95. The van der Waals surface area contributed by atoms with Crippen LogP contribution in [0, 0.1) is 0 Å². The van der Waals surface area contributed by atoms with Gasteiger partial charge in [-0.2, -0.15) is 0 Å². The molecule has 0 saturated carbocycles. The van der Waals surface area contributed by atoms with E-state index in [-0.39, 0.29) is 30.3 Å². The van der Waals surface area contributed by atoms with Gasteiger partial charge in [-0.3, -0.25) is 14.4 Å². The molecule has 1 aromatic carbocycles. The fraction of sp³-hybridized carbons (Fsp3) is 0.381. The lowest BCUT2D eigenvalue weighted by Crippen LogP contribution is -2.58. The van der Waals surface area contributed by atoms with E-state index in [1.54, 1.807) is 11.0 Å². The average molecular weight is 382 g/mol. The van der Waals surface area contributed by atoms with Gasteiger partial charge in [-0.05, 0) is 24.5 Å². The molecule has 3 atom stereocenters. The minimum atomic E-state index is -0.781. The molecule has 1 N–H and O–H groups in total. The summed E-state index contributed by atoms with van der Waals surface area (Å²) in [5.41, 5.74) is 1.28. The van der Waals surface area contributed by atoms with Crippen LogP contribution in [0.5, 0.6) is 0 Å². The second-order valence-corrected chi connectivity index (χ2v) is 7.16. The molecule has 28 heavy (non-hydrogen) atoms. The van der Waals surface area contributed by atoms with E-state index in [1.165, 1.54) is 12.5 Å². The van der Waals surface area contributed by atoms with Gasteiger partial charge < -0.3 is 19.4 Å². The van der Waals surface area contributed by atoms with Crippen molar-refractivity contribution >= 4 is 17.6 Å². The number of ketones is 1. The Morgan fingerprint density at radius 3 is 2.79 bits per heavy atom. The van der Waals surface area contributed by atoms with Crippen LogP contribution in [0.2, 0.25) is 0 Å². The number of piperidine rings is 1. The third-order valence-corrected chi connectivity index (χ3v) is 5.30. The van der Waals surface area contributed by atoms with Crippen LogP contribution in [0.1, 0.15) is 28.8 Å². The summed E-state index contributed by atoms with van der Waals surface area (Å²) >= 11 is 0. The van der Waals surface area contributed by atoms with Gasteiger partial charge in [-0.25, -0.2) is 0 Å². The summed E-state index contributed by atoms with van der Waals surface area (Å²) in [6.07, 6.45) is 4.38. The molecule has 1 aromatic heterocycles. The van der Waals surface area contributed by atoms with Crippen LogP contribution in [0.15, 0.2) is 53.3 Å². The van der Waals surface area contributed by atoms with Gasteiger partial charge in [0.2, 0.25) is 5.91 Å². The topological polar surface area (TPSA) is 88.9 Å². The van der Waals surface area contributed by atoms with Gasteiger partial charge in [0, 0.05) is 13.0 Å². The first-order valence-corrected chi connectivity index (χ1v) is 9.45. The lowest BCUT2D eigenvalue weighted by Gasteiger charge is -2.37. The fourth-order valence-corrected chi connectivity index (χ4v) is 3.92. The number of ether oxygens (including phenoxy) is 1. The summed E-state index contributed by atoms with van der Waals surface area (Å²) in [7, 11) is 0. The van der Waals surface area contributed by atoms with E-state index in [2.05, 4.69) is 5.32 Å². The summed E-state index contributed by atoms with van der Waals surface area (Å²) < 4.78 is 10.5. The molecule has 2 amide bonds. The number of carbonyl (C=O) groups is 3. The first kappa shape index (κ1) is 18.4. The molecule has 146 valence electrons. The summed E-state index contributed by atoms with van der Waals surface area (Å²) in [5, 5.41) is 2.82. The van der Waals surface area contributed by atoms with E-state index in [0.717, 1.165) is 18.4 Å². The molecular weight excluding hydrogens is 360 g/mol. The number of nitrogens with one attached hydrogen (secondary N) is 1. The summed E-state index contributed by atoms with van der Waals surface area (Å²) in [5.74, 6) is -0.711. The normalized spacial score (nSPS) is 22.6. The van der Waals surface area contributed by atoms with Gasteiger partial charge in [0.05, 0.1) is 17.9 Å². The predicted octanol–water partition coefficient (Wildman–Crippen LogP) is 1.58. The van der Waals surface area contributed by atoms with Crippen LogP contribution in [-0.4, -0.2) is 53.8 Å². The molecule has 2 fully saturated rings. The molecule has 0 radical (unpaired) electrons. The zero-order valence-corrected chi connectivity index (χ0v) is 15.4. The van der Waals surface area contributed by atoms with Gasteiger partial charge in [0.1, 0.15) is 25.0 Å². The number of benzene rings is 1. The Balaban J connectivity index is 1.57. The molecule has 7 heteroatoms. The number of rotatable bonds is 5. The van der Waals surface area contributed by atoms with Crippen molar-refractivity contribution in [1.82, 2.24) is 10.2 Å². The number of Topliss-reactive ketones (excluding diaryl/α,β-unsaturated/α-hetero) is 1. The second kappa shape index (κ2) is 7.98. The van der Waals surface area contributed by atoms with Gasteiger partial charge in [-0.1, -0.05) is 30.3 Å². The Kier molecular flexibility index (Phi) is 5.25. The lowest BCUT2D eigenvalue weighted by molar-refractivity contribution is -0.142. The number of fused-ring (bicyclic) bond motifs is 1. The largest absolute Gasteiger partial charge is 0.472 e. The van der Waals surface area contributed by atoms with Gasteiger partial charge in [0.15, 0.2) is 5.78 Å². The molecular formula is C21H22N2O5. The van der Waals surface area contributed by atoms with E-state index >= 15 is 0 Å². The van der Waals surface area contributed by atoms with E-state index in [0.29, 0.717) is 18.5 Å². The molecule has 3 heterocycles. The monoisotopic (exact) mass is 382 g/mol. The third-order valence-electron chi connectivity index (χ3n) is 5.30. The SMILES string of the molecule is O=C(N[C@@H](Cc1ccccc1)C(=O)N1CCCC2OCC(=O)C21)c1ccoc1. The maximum atomic E-state index is 13.4. The quantitative estimate of drug-likeness (QED) is 0.848. The standard InChI is InChI=1S/C21H22N2O5/c24-17-13-28-18-7-4-9-23(19(17)18)21(26)16(11-14-5-2-1-3-6-14)22-20(25)15-8-10-27-12-15/h1-3,5-6,8,10,12,16,18-19H,4,7,9,11,13H2,(H,22,25)/t16-,18?,19?/m0/s1. The second-order valence-electron chi connectivity index (χ2n) is 7.16. The number of amides is 2. The number of hydrogen-bond acceptors (Lipinski definition) is 5. The maximum absolute atomic E-state index is 13.4. The Labute approximate surface area is 162 Å². The maximum Gasteiger partial charge on any atom is 0.255 e. The van der Waals surface area contributed by atoms with Gasteiger partial charge in [0.25, 0.3) is 5.91 Å². The highest BCUT2D eigenvalue weighted by Crippen LogP contribution is 2.27. The Morgan fingerprint density at radius 1 is 1.21 bits per heavy atom. The minimum Gasteiger partial charge on any atom is -0.472 e. The van der Waals surface area contributed by atoms with E-state index in [1.807, 2.05) is 30.3 Å². The first-order chi connectivity index (χ1) is 13.6.